The molecule has 1 unspecified atom stereocenters. The Morgan fingerprint density at radius 2 is 2.10 bits per heavy atom. The zero-order valence-corrected chi connectivity index (χ0v) is 18.3. The lowest BCUT2D eigenvalue weighted by atomic mass is 9.87. The van der Waals surface area contributed by atoms with Gasteiger partial charge in [0.1, 0.15) is 5.75 Å². The van der Waals surface area contributed by atoms with Crippen molar-refractivity contribution in [3.63, 3.8) is 0 Å². The Bertz CT molecular complexity index is 916. The van der Waals surface area contributed by atoms with E-state index in [1.807, 2.05) is 11.8 Å². The van der Waals surface area contributed by atoms with Crippen molar-refractivity contribution in [1.29, 1.82) is 0 Å². The van der Waals surface area contributed by atoms with Gasteiger partial charge in [-0.05, 0) is 78.6 Å². The van der Waals surface area contributed by atoms with E-state index >= 15 is 0 Å². The molecule has 0 spiro atoms. The van der Waals surface area contributed by atoms with Crippen LogP contribution < -0.4 is 15.0 Å². The van der Waals surface area contributed by atoms with Crippen molar-refractivity contribution < 1.29 is 9.47 Å². The molecule has 4 nitrogen and oxygen atoms in total. The van der Waals surface area contributed by atoms with Crippen molar-refractivity contribution >= 4 is 17.4 Å². The summed E-state index contributed by atoms with van der Waals surface area (Å²) in [4.78, 5) is 4.18. The number of rotatable bonds is 4. The molecule has 1 fully saturated rings. The van der Waals surface area contributed by atoms with Gasteiger partial charge in [0.2, 0.25) is 0 Å². The molecule has 2 aromatic carbocycles. The molecule has 5 heteroatoms. The first-order valence-corrected chi connectivity index (χ1v) is 11.7. The third-order valence-corrected chi connectivity index (χ3v) is 7.91. The Morgan fingerprint density at radius 3 is 2.93 bits per heavy atom. The molecule has 3 atom stereocenters. The van der Waals surface area contributed by atoms with Crippen LogP contribution in [0.2, 0.25) is 0 Å². The van der Waals surface area contributed by atoms with Gasteiger partial charge in [0.05, 0.1) is 18.9 Å². The molecule has 0 aromatic heterocycles. The smallest absolute Gasteiger partial charge is 0.119 e. The number of hydrogen-bond acceptors (Lipinski definition) is 5. The molecular formula is C24H30N2O2S. The van der Waals surface area contributed by atoms with Gasteiger partial charge in [-0.3, -0.25) is 0 Å². The van der Waals surface area contributed by atoms with Crippen molar-refractivity contribution in [2.75, 3.05) is 44.5 Å². The minimum atomic E-state index is 0.0146. The fourth-order valence-electron chi connectivity index (χ4n) is 5.27. The minimum Gasteiger partial charge on any atom is -0.497 e. The standard InChI is InChI=1S/C24H30N2O2S/c1-15(27-2)19-13-17(28-3)5-6-18(19)16-11-20-21-14-25-8-7-22(21)26-9-4-10-29-23(12-16)24(20)26/h5-6,11-13,15,21-22,25H,4,7-10,14H2,1-3H3/t15?,21-,22-/m0/s1. The summed E-state index contributed by atoms with van der Waals surface area (Å²) < 4.78 is 11.2. The maximum Gasteiger partial charge on any atom is 0.119 e. The normalized spacial score (nSPS) is 23.9. The molecule has 154 valence electrons. The number of piperidine rings is 1. The van der Waals surface area contributed by atoms with Crippen molar-refractivity contribution in [3.05, 3.63) is 41.5 Å². The molecular weight excluding hydrogens is 380 g/mol. The van der Waals surface area contributed by atoms with E-state index in [0.29, 0.717) is 12.0 Å². The van der Waals surface area contributed by atoms with Crippen LogP contribution in [-0.2, 0) is 4.74 Å². The molecule has 2 aromatic rings. The summed E-state index contributed by atoms with van der Waals surface area (Å²) in [6.07, 6.45) is 2.52. The number of fused-ring (bicyclic) bond motifs is 3. The predicted octanol–water partition coefficient (Wildman–Crippen LogP) is 4.83. The van der Waals surface area contributed by atoms with Crippen molar-refractivity contribution in [1.82, 2.24) is 5.32 Å². The molecule has 3 heterocycles. The van der Waals surface area contributed by atoms with Crippen LogP contribution in [0.4, 0.5) is 5.69 Å². The number of benzene rings is 2. The minimum absolute atomic E-state index is 0.0146. The maximum atomic E-state index is 5.70. The molecule has 1 N–H and O–H groups in total. The molecule has 0 saturated carbocycles. The van der Waals surface area contributed by atoms with Gasteiger partial charge in [-0.2, -0.15) is 0 Å². The van der Waals surface area contributed by atoms with Crippen molar-refractivity contribution in [2.24, 2.45) is 0 Å². The highest BCUT2D eigenvalue weighted by atomic mass is 32.2. The highest BCUT2D eigenvalue weighted by molar-refractivity contribution is 7.99. The number of ether oxygens (including phenoxy) is 2. The van der Waals surface area contributed by atoms with Crippen molar-refractivity contribution in [2.45, 2.75) is 42.7 Å². The quantitative estimate of drug-likeness (QED) is 0.781. The van der Waals surface area contributed by atoms with Crippen LogP contribution in [0.3, 0.4) is 0 Å². The first-order chi connectivity index (χ1) is 14.2. The zero-order chi connectivity index (χ0) is 20.0. The molecule has 0 bridgehead atoms. The van der Waals surface area contributed by atoms with Crippen LogP contribution in [0, 0.1) is 0 Å². The summed E-state index contributed by atoms with van der Waals surface area (Å²) in [5, 5.41) is 3.64. The van der Waals surface area contributed by atoms with E-state index in [4.69, 9.17) is 9.47 Å². The second kappa shape index (κ2) is 7.86. The predicted molar refractivity (Wildman–Crippen MR) is 121 cm³/mol. The molecule has 0 amide bonds. The lowest BCUT2D eigenvalue weighted by molar-refractivity contribution is 0.120. The van der Waals surface area contributed by atoms with Crippen LogP contribution in [-0.4, -0.2) is 45.6 Å². The fourth-order valence-corrected chi connectivity index (χ4v) is 6.35. The Balaban J connectivity index is 1.67. The molecule has 0 aliphatic carbocycles. The number of methoxy groups -OCH3 is 2. The SMILES string of the molecule is COc1ccc(-c2cc3c4c(c2)[C@@H]2CNCC[C@@H]2N4CCCS3)c(C(C)OC)c1. The van der Waals surface area contributed by atoms with E-state index in [1.165, 1.54) is 58.0 Å². The highest BCUT2D eigenvalue weighted by Gasteiger charge is 2.42. The lowest BCUT2D eigenvalue weighted by Crippen LogP contribution is -2.44. The number of thioether (sulfide) groups is 1. The topological polar surface area (TPSA) is 33.7 Å². The Hall–Kier alpha value is -1.69. The van der Waals surface area contributed by atoms with E-state index in [-0.39, 0.29) is 6.10 Å². The van der Waals surface area contributed by atoms with Crippen LogP contribution in [0.1, 0.15) is 42.9 Å². The van der Waals surface area contributed by atoms with Gasteiger partial charge in [-0.25, -0.2) is 0 Å². The number of nitrogens with one attached hydrogen (secondary N) is 1. The van der Waals surface area contributed by atoms with Gasteiger partial charge in [0, 0.05) is 37.1 Å². The first kappa shape index (κ1) is 19.3. The molecule has 0 radical (unpaired) electrons. The summed E-state index contributed by atoms with van der Waals surface area (Å²) >= 11 is 2.03. The number of nitrogens with zero attached hydrogens (tertiary/aromatic N) is 1. The van der Waals surface area contributed by atoms with E-state index in [1.54, 1.807) is 14.2 Å². The summed E-state index contributed by atoms with van der Waals surface area (Å²) in [7, 11) is 3.50. The van der Waals surface area contributed by atoms with Gasteiger partial charge in [-0.15, -0.1) is 11.8 Å². The summed E-state index contributed by atoms with van der Waals surface area (Å²) in [5.41, 5.74) is 6.80. The van der Waals surface area contributed by atoms with Gasteiger partial charge in [0.25, 0.3) is 0 Å². The molecule has 29 heavy (non-hydrogen) atoms. The van der Waals surface area contributed by atoms with E-state index in [2.05, 4.69) is 47.5 Å². The maximum absolute atomic E-state index is 5.70. The zero-order valence-electron chi connectivity index (χ0n) is 17.5. The van der Waals surface area contributed by atoms with Crippen LogP contribution >= 0.6 is 11.8 Å². The monoisotopic (exact) mass is 410 g/mol. The van der Waals surface area contributed by atoms with Gasteiger partial charge in [-0.1, -0.05) is 6.07 Å². The average molecular weight is 411 g/mol. The van der Waals surface area contributed by atoms with E-state index < -0.39 is 0 Å². The highest BCUT2D eigenvalue weighted by Crippen LogP contribution is 2.51. The molecule has 3 aliphatic rings. The fraction of sp³-hybridized carbons (Fsp3) is 0.500. The largest absolute Gasteiger partial charge is 0.497 e. The first-order valence-electron chi connectivity index (χ1n) is 10.7. The number of anilines is 1. The second-order valence-electron chi connectivity index (χ2n) is 8.31. The Labute approximate surface area is 178 Å². The number of hydrogen-bond donors (Lipinski definition) is 1. The summed E-state index contributed by atoms with van der Waals surface area (Å²) in [5.74, 6) is 2.67. The second-order valence-corrected chi connectivity index (χ2v) is 9.44. The molecule has 3 aliphatic heterocycles. The van der Waals surface area contributed by atoms with Gasteiger partial charge >= 0.3 is 0 Å². The van der Waals surface area contributed by atoms with E-state index in [0.717, 1.165) is 18.8 Å². The lowest BCUT2D eigenvalue weighted by Gasteiger charge is -2.33. The Morgan fingerprint density at radius 1 is 1.21 bits per heavy atom. The third kappa shape index (κ3) is 3.24. The van der Waals surface area contributed by atoms with Gasteiger partial charge < -0.3 is 19.7 Å². The summed E-state index contributed by atoms with van der Waals surface area (Å²) in [6.45, 7) is 5.53. The summed E-state index contributed by atoms with van der Waals surface area (Å²) in [6, 6.07) is 11.9. The van der Waals surface area contributed by atoms with Crippen LogP contribution in [0.5, 0.6) is 5.75 Å². The van der Waals surface area contributed by atoms with Gasteiger partial charge in [0.15, 0.2) is 0 Å². The molecule has 1 saturated heterocycles. The van der Waals surface area contributed by atoms with E-state index in [9.17, 15) is 0 Å². The Kier molecular flexibility index (Phi) is 5.23. The average Bonchev–Trinajstić information content (AvgIpc) is 2.93. The third-order valence-electron chi connectivity index (χ3n) is 6.80. The van der Waals surface area contributed by atoms with Crippen LogP contribution in [0.25, 0.3) is 11.1 Å². The van der Waals surface area contributed by atoms with Crippen LogP contribution in [0.15, 0.2) is 35.2 Å². The van der Waals surface area contributed by atoms with Crippen molar-refractivity contribution in [3.8, 4) is 16.9 Å². The molecule has 5 rings (SSSR count).